The summed E-state index contributed by atoms with van der Waals surface area (Å²) in [6.45, 7) is 2.22. The van der Waals surface area contributed by atoms with E-state index in [1.807, 2.05) is 31.2 Å². The van der Waals surface area contributed by atoms with Crippen molar-refractivity contribution < 1.29 is 8.42 Å². The summed E-state index contributed by atoms with van der Waals surface area (Å²) in [4.78, 5) is 3.87. The Morgan fingerprint density at radius 2 is 1.89 bits per heavy atom. The van der Waals surface area contributed by atoms with Crippen molar-refractivity contribution in [2.45, 2.75) is 18.4 Å². The lowest BCUT2D eigenvalue weighted by molar-refractivity contribution is 0.581. The highest BCUT2D eigenvalue weighted by molar-refractivity contribution is 7.89. The first-order valence-corrected chi connectivity index (χ1v) is 7.50. The van der Waals surface area contributed by atoms with Crippen LogP contribution in [-0.4, -0.2) is 13.4 Å². The molecule has 100 valence electrons. The number of aromatic nitrogens is 1. The Balaban J connectivity index is 2.12. The van der Waals surface area contributed by atoms with Crippen molar-refractivity contribution in [2.24, 2.45) is 0 Å². The van der Waals surface area contributed by atoms with Crippen molar-refractivity contribution >= 4 is 21.6 Å². The fourth-order valence-electron chi connectivity index (χ4n) is 1.52. The summed E-state index contributed by atoms with van der Waals surface area (Å²) in [5, 5.41) is 0.151. The van der Waals surface area contributed by atoms with Crippen LogP contribution in [0.3, 0.4) is 0 Å². The van der Waals surface area contributed by atoms with Crippen LogP contribution < -0.4 is 4.72 Å². The molecule has 0 fully saturated rings. The molecule has 0 aliphatic heterocycles. The maximum absolute atomic E-state index is 12.0. The standard InChI is InChI=1S/C13H13ClN2O2S/c1-10-2-4-11(5-3-10)9-16-19(17,18)12-6-7-15-13(14)8-12/h2-8,16H,9H2,1H3. The summed E-state index contributed by atoms with van der Waals surface area (Å²) >= 11 is 5.68. The van der Waals surface area contributed by atoms with Crippen molar-refractivity contribution in [3.05, 3.63) is 58.9 Å². The summed E-state index contributed by atoms with van der Waals surface area (Å²) in [5.74, 6) is 0. The smallest absolute Gasteiger partial charge is 0.241 e. The van der Waals surface area contributed by atoms with Crippen LogP contribution in [0.1, 0.15) is 11.1 Å². The van der Waals surface area contributed by atoms with E-state index in [0.717, 1.165) is 11.1 Å². The highest BCUT2D eigenvalue weighted by Crippen LogP contribution is 2.13. The minimum absolute atomic E-state index is 0.111. The number of benzene rings is 1. The van der Waals surface area contributed by atoms with E-state index in [2.05, 4.69) is 9.71 Å². The number of halogens is 1. The highest BCUT2D eigenvalue weighted by Gasteiger charge is 2.14. The van der Waals surface area contributed by atoms with Crippen LogP contribution in [0.5, 0.6) is 0 Å². The van der Waals surface area contributed by atoms with Crippen molar-refractivity contribution in [3.63, 3.8) is 0 Å². The quantitative estimate of drug-likeness (QED) is 0.882. The Morgan fingerprint density at radius 1 is 1.21 bits per heavy atom. The summed E-state index contributed by atoms with van der Waals surface area (Å²) in [6, 6.07) is 10.4. The number of pyridine rings is 1. The van der Waals surface area contributed by atoms with Gasteiger partial charge in [-0.3, -0.25) is 0 Å². The van der Waals surface area contributed by atoms with Crippen LogP contribution in [0.25, 0.3) is 0 Å². The number of nitrogens with zero attached hydrogens (tertiary/aromatic N) is 1. The van der Waals surface area contributed by atoms with Gasteiger partial charge in [0.25, 0.3) is 0 Å². The molecule has 0 saturated carbocycles. The van der Waals surface area contributed by atoms with Crippen LogP contribution >= 0.6 is 11.6 Å². The molecule has 0 amide bonds. The van der Waals surface area contributed by atoms with Crippen molar-refractivity contribution in [1.29, 1.82) is 0 Å². The van der Waals surface area contributed by atoms with Gasteiger partial charge in [0.05, 0.1) is 4.90 Å². The third-order valence-electron chi connectivity index (χ3n) is 2.60. The van der Waals surface area contributed by atoms with Gasteiger partial charge in [-0.05, 0) is 24.6 Å². The fourth-order valence-corrected chi connectivity index (χ4v) is 2.79. The van der Waals surface area contributed by atoms with Crippen LogP contribution in [-0.2, 0) is 16.6 Å². The number of hydrogen-bond donors (Lipinski definition) is 1. The second kappa shape index (κ2) is 5.69. The first-order chi connectivity index (χ1) is 8.97. The van der Waals surface area contributed by atoms with Gasteiger partial charge in [0, 0.05) is 12.7 Å². The number of nitrogens with one attached hydrogen (secondary N) is 1. The largest absolute Gasteiger partial charge is 0.244 e. The van der Waals surface area contributed by atoms with E-state index in [-0.39, 0.29) is 16.6 Å². The predicted molar refractivity (Wildman–Crippen MR) is 74.5 cm³/mol. The second-order valence-electron chi connectivity index (χ2n) is 4.12. The molecule has 1 aromatic heterocycles. The summed E-state index contributed by atoms with van der Waals surface area (Å²) in [5.41, 5.74) is 2.03. The van der Waals surface area contributed by atoms with Crippen molar-refractivity contribution in [3.8, 4) is 0 Å². The van der Waals surface area contributed by atoms with Gasteiger partial charge >= 0.3 is 0 Å². The van der Waals surface area contributed by atoms with Crippen LogP contribution in [0, 0.1) is 6.92 Å². The Labute approximate surface area is 117 Å². The molecule has 19 heavy (non-hydrogen) atoms. The maximum Gasteiger partial charge on any atom is 0.241 e. The van der Waals surface area contributed by atoms with E-state index in [0.29, 0.717) is 0 Å². The molecule has 1 N–H and O–H groups in total. The maximum atomic E-state index is 12.0. The number of aryl methyl sites for hydroxylation is 1. The van der Waals surface area contributed by atoms with Gasteiger partial charge in [0.2, 0.25) is 10.0 Å². The summed E-state index contributed by atoms with van der Waals surface area (Å²) in [7, 11) is -3.57. The average Bonchev–Trinajstić information content (AvgIpc) is 2.38. The van der Waals surface area contributed by atoms with E-state index in [1.165, 1.54) is 18.3 Å². The zero-order valence-corrected chi connectivity index (χ0v) is 11.9. The zero-order valence-electron chi connectivity index (χ0n) is 10.3. The third-order valence-corrected chi connectivity index (χ3v) is 4.20. The number of sulfonamides is 1. The van der Waals surface area contributed by atoms with Gasteiger partial charge < -0.3 is 0 Å². The van der Waals surface area contributed by atoms with Crippen LogP contribution in [0.2, 0.25) is 5.15 Å². The zero-order chi connectivity index (χ0) is 13.9. The van der Waals surface area contributed by atoms with Gasteiger partial charge in [0.1, 0.15) is 5.15 Å². The third kappa shape index (κ3) is 3.76. The molecule has 4 nitrogen and oxygen atoms in total. The molecule has 0 spiro atoms. The highest BCUT2D eigenvalue weighted by atomic mass is 35.5. The molecule has 0 unspecified atom stereocenters. The normalized spacial score (nSPS) is 11.5. The summed E-state index contributed by atoms with van der Waals surface area (Å²) in [6.07, 6.45) is 1.36. The molecule has 0 aliphatic rings. The Bertz CT molecular complexity index is 669. The number of rotatable bonds is 4. The Morgan fingerprint density at radius 3 is 2.53 bits per heavy atom. The first kappa shape index (κ1) is 14.0. The Kier molecular flexibility index (Phi) is 4.19. The van der Waals surface area contributed by atoms with Gasteiger partial charge in [0.15, 0.2) is 0 Å². The molecule has 1 aromatic carbocycles. The molecule has 2 rings (SSSR count). The minimum atomic E-state index is -3.57. The minimum Gasteiger partial charge on any atom is -0.244 e. The van der Waals surface area contributed by atoms with Gasteiger partial charge in [-0.25, -0.2) is 18.1 Å². The monoisotopic (exact) mass is 296 g/mol. The molecule has 0 atom stereocenters. The molecule has 0 bridgehead atoms. The fraction of sp³-hybridized carbons (Fsp3) is 0.154. The lowest BCUT2D eigenvalue weighted by atomic mass is 10.2. The van der Waals surface area contributed by atoms with Crippen LogP contribution in [0.15, 0.2) is 47.5 Å². The first-order valence-electron chi connectivity index (χ1n) is 5.64. The molecule has 0 aliphatic carbocycles. The number of hydrogen-bond acceptors (Lipinski definition) is 3. The van der Waals surface area contributed by atoms with Crippen LogP contribution in [0.4, 0.5) is 0 Å². The van der Waals surface area contributed by atoms with Gasteiger partial charge in [-0.1, -0.05) is 41.4 Å². The SMILES string of the molecule is Cc1ccc(CNS(=O)(=O)c2ccnc(Cl)c2)cc1. The molecule has 0 radical (unpaired) electrons. The van der Waals surface area contributed by atoms with Gasteiger partial charge in [-0.2, -0.15) is 0 Å². The lowest BCUT2D eigenvalue weighted by Crippen LogP contribution is -2.23. The lowest BCUT2D eigenvalue weighted by Gasteiger charge is -2.07. The topological polar surface area (TPSA) is 59.1 Å². The average molecular weight is 297 g/mol. The molecule has 0 saturated heterocycles. The molecule has 2 aromatic rings. The molecular formula is C13H13ClN2O2S. The molecule has 6 heteroatoms. The Hall–Kier alpha value is -1.43. The van der Waals surface area contributed by atoms with E-state index < -0.39 is 10.0 Å². The summed E-state index contributed by atoms with van der Waals surface area (Å²) < 4.78 is 26.6. The second-order valence-corrected chi connectivity index (χ2v) is 6.28. The van der Waals surface area contributed by atoms with Crippen molar-refractivity contribution in [1.82, 2.24) is 9.71 Å². The van der Waals surface area contributed by atoms with E-state index >= 15 is 0 Å². The predicted octanol–water partition coefficient (Wildman–Crippen LogP) is 2.52. The van der Waals surface area contributed by atoms with E-state index in [4.69, 9.17) is 11.6 Å². The van der Waals surface area contributed by atoms with Crippen molar-refractivity contribution in [2.75, 3.05) is 0 Å². The van der Waals surface area contributed by atoms with Gasteiger partial charge in [-0.15, -0.1) is 0 Å². The van der Waals surface area contributed by atoms with E-state index in [9.17, 15) is 8.42 Å². The van der Waals surface area contributed by atoms with E-state index in [1.54, 1.807) is 0 Å². The molecular weight excluding hydrogens is 284 g/mol. The molecule has 1 heterocycles.